The first-order valence-electron chi connectivity index (χ1n) is 7.83. The van der Waals surface area contributed by atoms with E-state index in [0.717, 1.165) is 25.6 Å². The summed E-state index contributed by atoms with van der Waals surface area (Å²) in [6.07, 6.45) is 3.48. The molecular formula is C16H34O3. The van der Waals surface area contributed by atoms with Crippen molar-refractivity contribution in [2.75, 3.05) is 13.2 Å². The third-order valence-electron chi connectivity index (χ3n) is 3.79. The average molecular weight is 274 g/mol. The summed E-state index contributed by atoms with van der Waals surface area (Å²) in [4.78, 5) is 0. The highest BCUT2D eigenvalue weighted by Gasteiger charge is 2.28. The van der Waals surface area contributed by atoms with Gasteiger partial charge in [0, 0.05) is 13.2 Å². The van der Waals surface area contributed by atoms with E-state index in [1.54, 1.807) is 0 Å². The summed E-state index contributed by atoms with van der Waals surface area (Å²) in [5.74, 6) is 1.95. The molecule has 1 aliphatic rings. The van der Waals surface area contributed by atoms with Crippen molar-refractivity contribution in [2.45, 2.75) is 73.2 Å². The lowest BCUT2D eigenvalue weighted by Crippen LogP contribution is -2.31. The second kappa shape index (κ2) is 10.6. The zero-order chi connectivity index (χ0) is 14.8. The normalized spacial score (nSPS) is 27.3. The van der Waals surface area contributed by atoms with Crippen LogP contribution in [0.25, 0.3) is 0 Å². The van der Waals surface area contributed by atoms with E-state index in [2.05, 4.69) is 20.8 Å². The van der Waals surface area contributed by atoms with E-state index in [1.165, 1.54) is 12.8 Å². The van der Waals surface area contributed by atoms with Crippen molar-refractivity contribution in [1.29, 1.82) is 0 Å². The zero-order valence-corrected chi connectivity index (χ0v) is 13.7. The van der Waals surface area contributed by atoms with Crippen LogP contribution in [-0.2, 0) is 9.47 Å². The summed E-state index contributed by atoms with van der Waals surface area (Å²) >= 11 is 0. The Balaban J connectivity index is 0.000000362. The number of aliphatic hydroxyl groups is 1. The van der Waals surface area contributed by atoms with Crippen molar-refractivity contribution in [3.05, 3.63) is 0 Å². The number of hydrogen-bond donors (Lipinski definition) is 1. The molecule has 1 aliphatic carbocycles. The number of aliphatic hydroxyl groups excluding tert-OH is 1. The highest BCUT2D eigenvalue weighted by molar-refractivity contribution is 4.79. The molecule has 3 atom stereocenters. The fourth-order valence-corrected chi connectivity index (χ4v) is 2.67. The first-order chi connectivity index (χ1) is 8.92. The van der Waals surface area contributed by atoms with Crippen LogP contribution in [0.1, 0.15) is 60.8 Å². The molecule has 0 amide bonds. The third-order valence-corrected chi connectivity index (χ3v) is 3.79. The molecule has 3 unspecified atom stereocenters. The summed E-state index contributed by atoms with van der Waals surface area (Å²) in [6, 6.07) is 0. The maximum atomic E-state index is 9.71. The molecule has 0 saturated heterocycles. The van der Waals surface area contributed by atoms with Crippen molar-refractivity contribution >= 4 is 0 Å². The lowest BCUT2D eigenvalue weighted by atomic mass is 9.75. The number of ether oxygens (including phenoxy) is 2. The maximum absolute atomic E-state index is 9.71. The molecule has 0 aromatic carbocycles. The van der Waals surface area contributed by atoms with Gasteiger partial charge in [0.05, 0.1) is 6.10 Å². The summed E-state index contributed by atoms with van der Waals surface area (Å²) in [5, 5.41) is 9.71. The standard InChI is InChI=1S/C10H20O.C6H14O2/c1-7(2)9-5-4-8(3)6-10(9)11;1-4-7-6(3)8-5-2/h7-11H,4-6H2,1-3H3;6H,4-5H2,1-3H3. The molecule has 1 rings (SSSR count). The molecule has 0 aromatic rings. The van der Waals surface area contributed by atoms with Gasteiger partial charge in [0.1, 0.15) is 0 Å². The van der Waals surface area contributed by atoms with Gasteiger partial charge >= 0.3 is 0 Å². The Kier molecular flexibility index (Phi) is 10.6. The van der Waals surface area contributed by atoms with Crippen LogP contribution >= 0.6 is 0 Å². The smallest absolute Gasteiger partial charge is 0.154 e. The molecule has 3 heteroatoms. The molecule has 1 N–H and O–H groups in total. The van der Waals surface area contributed by atoms with Gasteiger partial charge < -0.3 is 14.6 Å². The van der Waals surface area contributed by atoms with Gasteiger partial charge in [-0.2, -0.15) is 0 Å². The van der Waals surface area contributed by atoms with Crippen LogP contribution in [0.2, 0.25) is 0 Å². The molecule has 1 saturated carbocycles. The molecule has 0 aromatic heterocycles. The molecule has 0 heterocycles. The van der Waals surface area contributed by atoms with E-state index >= 15 is 0 Å². The Morgan fingerprint density at radius 2 is 1.58 bits per heavy atom. The van der Waals surface area contributed by atoms with E-state index in [-0.39, 0.29) is 12.4 Å². The molecule has 0 radical (unpaired) electrons. The second-order valence-corrected chi connectivity index (χ2v) is 5.87. The predicted molar refractivity (Wildman–Crippen MR) is 80.1 cm³/mol. The zero-order valence-electron chi connectivity index (χ0n) is 13.7. The Bertz CT molecular complexity index is 200. The fraction of sp³-hybridized carbons (Fsp3) is 1.00. The molecule has 0 spiro atoms. The third kappa shape index (κ3) is 8.61. The topological polar surface area (TPSA) is 38.7 Å². The lowest BCUT2D eigenvalue weighted by Gasteiger charge is -2.33. The van der Waals surface area contributed by atoms with Crippen molar-refractivity contribution in [3.8, 4) is 0 Å². The van der Waals surface area contributed by atoms with Crippen LogP contribution in [0.3, 0.4) is 0 Å². The minimum atomic E-state index is -0.0370. The molecule has 3 nitrogen and oxygen atoms in total. The van der Waals surface area contributed by atoms with Gasteiger partial charge in [0.15, 0.2) is 6.29 Å². The number of hydrogen-bond acceptors (Lipinski definition) is 3. The van der Waals surface area contributed by atoms with E-state index in [4.69, 9.17) is 9.47 Å². The summed E-state index contributed by atoms with van der Waals surface area (Å²) in [5.41, 5.74) is 0. The fourth-order valence-electron chi connectivity index (χ4n) is 2.67. The largest absolute Gasteiger partial charge is 0.393 e. The van der Waals surface area contributed by atoms with E-state index < -0.39 is 0 Å². The van der Waals surface area contributed by atoms with Crippen LogP contribution in [-0.4, -0.2) is 30.7 Å². The average Bonchev–Trinajstić information content (AvgIpc) is 2.29. The van der Waals surface area contributed by atoms with Crippen molar-refractivity contribution in [2.24, 2.45) is 17.8 Å². The van der Waals surface area contributed by atoms with Gasteiger partial charge in [-0.15, -0.1) is 0 Å². The van der Waals surface area contributed by atoms with Crippen LogP contribution in [0.4, 0.5) is 0 Å². The quantitative estimate of drug-likeness (QED) is 0.774. The van der Waals surface area contributed by atoms with E-state index in [1.807, 2.05) is 20.8 Å². The molecule has 0 bridgehead atoms. The predicted octanol–water partition coefficient (Wildman–Crippen LogP) is 3.84. The van der Waals surface area contributed by atoms with Crippen molar-refractivity contribution in [1.82, 2.24) is 0 Å². The van der Waals surface area contributed by atoms with Gasteiger partial charge in [0.2, 0.25) is 0 Å². The Morgan fingerprint density at radius 1 is 1.05 bits per heavy atom. The van der Waals surface area contributed by atoms with Gasteiger partial charge in [-0.25, -0.2) is 0 Å². The Labute approximate surface area is 119 Å². The Morgan fingerprint density at radius 3 is 1.95 bits per heavy atom. The first kappa shape index (κ1) is 18.9. The molecule has 116 valence electrons. The highest BCUT2D eigenvalue weighted by atomic mass is 16.7. The van der Waals surface area contributed by atoms with Crippen LogP contribution in [0.5, 0.6) is 0 Å². The van der Waals surface area contributed by atoms with Gasteiger partial charge in [-0.3, -0.25) is 0 Å². The SMILES string of the molecule is CC1CCC(C(C)C)C(O)C1.CCOC(C)OCC. The van der Waals surface area contributed by atoms with Gasteiger partial charge in [0.25, 0.3) is 0 Å². The summed E-state index contributed by atoms with van der Waals surface area (Å²) in [6.45, 7) is 13.9. The van der Waals surface area contributed by atoms with Gasteiger partial charge in [-0.05, 0) is 51.4 Å². The molecular weight excluding hydrogens is 240 g/mol. The summed E-state index contributed by atoms with van der Waals surface area (Å²) in [7, 11) is 0. The second-order valence-electron chi connectivity index (χ2n) is 5.87. The minimum Gasteiger partial charge on any atom is -0.393 e. The van der Waals surface area contributed by atoms with Crippen molar-refractivity contribution in [3.63, 3.8) is 0 Å². The minimum absolute atomic E-state index is 0.0289. The molecule has 0 aliphatic heterocycles. The lowest BCUT2D eigenvalue weighted by molar-refractivity contribution is -0.123. The monoisotopic (exact) mass is 274 g/mol. The Hall–Kier alpha value is -0.120. The summed E-state index contributed by atoms with van der Waals surface area (Å²) < 4.78 is 10.1. The van der Waals surface area contributed by atoms with Gasteiger partial charge in [-0.1, -0.05) is 27.2 Å². The molecule has 1 fully saturated rings. The highest BCUT2D eigenvalue weighted by Crippen LogP contribution is 2.33. The van der Waals surface area contributed by atoms with Crippen LogP contribution in [0, 0.1) is 17.8 Å². The maximum Gasteiger partial charge on any atom is 0.154 e. The molecule has 19 heavy (non-hydrogen) atoms. The van der Waals surface area contributed by atoms with Crippen molar-refractivity contribution < 1.29 is 14.6 Å². The van der Waals surface area contributed by atoms with E-state index in [9.17, 15) is 5.11 Å². The van der Waals surface area contributed by atoms with Crippen LogP contribution < -0.4 is 0 Å². The van der Waals surface area contributed by atoms with Crippen LogP contribution in [0.15, 0.2) is 0 Å². The first-order valence-corrected chi connectivity index (χ1v) is 7.83. The number of rotatable bonds is 5. The van der Waals surface area contributed by atoms with E-state index in [0.29, 0.717) is 11.8 Å².